The minimum atomic E-state index is -0.171. The predicted molar refractivity (Wildman–Crippen MR) is 135 cm³/mol. The van der Waals surface area contributed by atoms with Gasteiger partial charge in [-0.25, -0.2) is 4.98 Å². The fourth-order valence-corrected chi connectivity index (χ4v) is 4.49. The van der Waals surface area contributed by atoms with Gasteiger partial charge in [0.15, 0.2) is 5.13 Å². The third kappa shape index (κ3) is 5.79. The standard InChI is InChI=1S/C27H27N3O2S/c1-19-13-14-25(32-2)23(17-19)29-27-30-24(18-33-27)26(31)28-16-15-22(20-9-5-3-6-10-20)21-11-7-4-8-12-21/h3-14,17-18,22H,15-16H2,1-2H3,(H,28,31)(H,29,30). The quantitative estimate of drug-likeness (QED) is 0.316. The zero-order valence-corrected chi connectivity index (χ0v) is 19.6. The molecule has 0 saturated carbocycles. The molecule has 0 radical (unpaired) electrons. The lowest BCUT2D eigenvalue weighted by Crippen LogP contribution is -2.26. The van der Waals surface area contributed by atoms with Crippen LogP contribution in [0.3, 0.4) is 0 Å². The van der Waals surface area contributed by atoms with Crippen molar-refractivity contribution < 1.29 is 9.53 Å². The first kappa shape index (κ1) is 22.6. The Kier molecular flexibility index (Phi) is 7.37. The van der Waals surface area contributed by atoms with Crippen LogP contribution in [0.1, 0.15) is 39.5 Å². The molecule has 33 heavy (non-hydrogen) atoms. The molecule has 1 aromatic heterocycles. The highest BCUT2D eigenvalue weighted by Gasteiger charge is 2.16. The van der Waals surface area contributed by atoms with Gasteiger partial charge in [-0.05, 0) is 42.2 Å². The van der Waals surface area contributed by atoms with E-state index < -0.39 is 0 Å². The van der Waals surface area contributed by atoms with E-state index in [2.05, 4.69) is 64.1 Å². The first-order valence-corrected chi connectivity index (χ1v) is 11.8. The average Bonchev–Trinajstić information content (AvgIpc) is 3.32. The lowest BCUT2D eigenvalue weighted by molar-refractivity contribution is 0.0948. The maximum absolute atomic E-state index is 12.7. The Balaban J connectivity index is 1.39. The van der Waals surface area contributed by atoms with Gasteiger partial charge in [0, 0.05) is 17.8 Å². The number of hydrogen-bond donors (Lipinski definition) is 2. The number of carbonyl (C=O) groups is 1. The van der Waals surface area contributed by atoms with Crippen LogP contribution < -0.4 is 15.4 Å². The number of rotatable bonds is 9. The second-order valence-corrected chi connectivity index (χ2v) is 8.64. The number of aromatic nitrogens is 1. The van der Waals surface area contributed by atoms with Crippen molar-refractivity contribution >= 4 is 28.1 Å². The molecule has 0 atom stereocenters. The van der Waals surface area contributed by atoms with Crippen LogP contribution in [-0.2, 0) is 0 Å². The molecule has 0 aliphatic rings. The van der Waals surface area contributed by atoms with Crippen molar-refractivity contribution in [3.63, 3.8) is 0 Å². The van der Waals surface area contributed by atoms with Crippen LogP contribution in [-0.4, -0.2) is 24.5 Å². The van der Waals surface area contributed by atoms with E-state index in [1.807, 2.05) is 37.3 Å². The average molecular weight is 458 g/mol. The summed E-state index contributed by atoms with van der Waals surface area (Å²) >= 11 is 1.39. The molecular weight excluding hydrogens is 430 g/mol. The number of methoxy groups -OCH3 is 1. The lowest BCUT2D eigenvalue weighted by atomic mass is 9.88. The Hall–Kier alpha value is -3.64. The van der Waals surface area contributed by atoms with Gasteiger partial charge >= 0.3 is 0 Å². The van der Waals surface area contributed by atoms with Crippen LogP contribution in [0.5, 0.6) is 5.75 Å². The number of anilines is 2. The maximum Gasteiger partial charge on any atom is 0.270 e. The molecule has 2 N–H and O–H groups in total. The second-order valence-electron chi connectivity index (χ2n) is 7.79. The minimum Gasteiger partial charge on any atom is -0.495 e. The molecule has 5 nitrogen and oxygen atoms in total. The van der Waals surface area contributed by atoms with E-state index >= 15 is 0 Å². The summed E-state index contributed by atoms with van der Waals surface area (Å²) in [5.41, 5.74) is 4.83. The summed E-state index contributed by atoms with van der Waals surface area (Å²) in [5, 5.41) is 8.71. The van der Waals surface area contributed by atoms with Gasteiger partial charge < -0.3 is 15.4 Å². The molecule has 0 spiro atoms. The number of thiazole rings is 1. The molecule has 0 aliphatic heterocycles. The van der Waals surface area contributed by atoms with Crippen LogP contribution in [0.15, 0.2) is 84.2 Å². The molecule has 6 heteroatoms. The zero-order chi connectivity index (χ0) is 23.0. The largest absolute Gasteiger partial charge is 0.495 e. The highest BCUT2D eigenvalue weighted by Crippen LogP contribution is 2.30. The highest BCUT2D eigenvalue weighted by atomic mass is 32.1. The fraction of sp³-hybridized carbons (Fsp3) is 0.185. The van der Waals surface area contributed by atoms with E-state index in [1.165, 1.54) is 22.5 Å². The smallest absolute Gasteiger partial charge is 0.270 e. The number of carbonyl (C=O) groups excluding carboxylic acids is 1. The maximum atomic E-state index is 12.7. The SMILES string of the molecule is COc1ccc(C)cc1Nc1nc(C(=O)NCCC(c2ccccc2)c2ccccc2)cs1. The molecule has 4 aromatic rings. The van der Waals surface area contributed by atoms with Crippen molar-refractivity contribution in [2.24, 2.45) is 0 Å². The number of aryl methyl sites for hydroxylation is 1. The van der Waals surface area contributed by atoms with E-state index in [-0.39, 0.29) is 11.8 Å². The molecule has 0 saturated heterocycles. The first-order chi connectivity index (χ1) is 16.1. The number of amides is 1. The summed E-state index contributed by atoms with van der Waals surface area (Å²) in [4.78, 5) is 17.2. The van der Waals surface area contributed by atoms with Crippen molar-refractivity contribution in [1.82, 2.24) is 10.3 Å². The van der Waals surface area contributed by atoms with Crippen LogP contribution in [0, 0.1) is 6.92 Å². The van der Waals surface area contributed by atoms with E-state index in [1.54, 1.807) is 12.5 Å². The number of nitrogens with one attached hydrogen (secondary N) is 2. The Morgan fingerprint density at radius 2 is 1.67 bits per heavy atom. The molecule has 1 heterocycles. The summed E-state index contributed by atoms with van der Waals surface area (Å²) in [7, 11) is 1.63. The van der Waals surface area contributed by atoms with E-state index in [0.29, 0.717) is 17.4 Å². The summed E-state index contributed by atoms with van der Waals surface area (Å²) in [5.74, 6) is 0.777. The third-order valence-electron chi connectivity index (χ3n) is 5.46. The highest BCUT2D eigenvalue weighted by molar-refractivity contribution is 7.14. The van der Waals surface area contributed by atoms with Crippen LogP contribution in [0.4, 0.5) is 10.8 Å². The van der Waals surface area contributed by atoms with Crippen molar-refractivity contribution in [2.75, 3.05) is 19.0 Å². The predicted octanol–water partition coefficient (Wildman–Crippen LogP) is 6.16. The fourth-order valence-electron chi connectivity index (χ4n) is 3.79. The van der Waals surface area contributed by atoms with Crippen molar-refractivity contribution in [3.05, 3.63) is 107 Å². The second kappa shape index (κ2) is 10.8. The van der Waals surface area contributed by atoms with E-state index in [9.17, 15) is 4.79 Å². The molecule has 0 unspecified atom stereocenters. The monoisotopic (exact) mass is 457 g/mol. The van der Waals surface area contributed by atoms with Crippen molar-refractivity contribution in [1.29, 1.82) is 0 Å². The molecular formula is C27H27N3O2S. The van der Waals surface area contributed by atoms with Gasteiger partial charge in [0.25, 0.3) is 5.91 Å². The normalized spacial score (nSPS) is 10.8. The van der Waals surface area contributed by atoms with Crippen LogP contribution in [0.2, 0.25) is 0 Å². The summed E-state index contributed by atoms with van der Waals surface area (Å²) < 4.78 is 5.41. The number of hydrogen-bond acceptors (Lipinski definition) is 5. The van der Waals surface area contributed by atoms with E-state index in [0.717, 1.165) is 23.4 Å². The summed E-state index contributed by atoms with van der Waals surface area (Å²) in [6.45, 7) is 2.57. The van der Waals surface area contributed by atoms with Gasteiger partial charge in [-0.2, -0.15) is 0 Å². The number of benzene rings is 3. The Labute approximate surface area is 198 Å². The first-order valence-electron chi connectivity index (χ1n) is 10.9. The molecule has 1 amide bonds. The molecule has 0 bridgehead atoms. The Bertz CT molecular complexity index is 1150. The van der Waals surface area contributed by atoms with Crippen LogP contribution >= 0.6 is 11.3 Å². The number of ether oxygens (including phenoxy) is 1. The van der Waals surface area contributed by atoms with Crippen LogP contribution in [0.25, 0.3) is 0 Å². The Morgan fingerprint density at radius 3 is 2.30 bits per heavy atom. The van der Waals surface area contributed by atoms with Crippen molar-refractivity contribution in [3.8, 4) is 5.75 Å². The van der Waals surface area contributed by atoms with E-state index in [4.69, 9.17) is 4.74 Å². The topological polar surface area (TPSA) is 63.2 Å². The molecule has 168 valence electrons. The molecule has 4 rings (SSSR count). The van der Waals surface area contributed by atoms with Gasteiger partial charge in [-0.15, -0.1) is 11.3 Å². The molecule has 3 aromatic carbocycles. The molecule has 0 fully saturated rings. The lowest BCUT2D eigenvalue weighted by Gasteiger charge is -2.18. The van der Waals surface area contributed by atoms with Gasteiger partial charge in [0.2, 0.25) is 0 Å². The minimum absolute atomic E-state index is 0.171. The van der Waals surface area contributed by atoms with Gasteiger partial charge in [0.1, 0.15) is 11.4 Å². The van der Waals surface area contributed by atoms with Gasteiger partial charge in [-0.3, -0.25) is 4.79 Å². The van der Waals surface area contributed by atoms with Gasteiger partial charge in [0.05, 0.1) is 12.8 Å². The number of nitrogens with zero attached hydrogens (tertiary/aromatic N) is 1. The summed E-state index contributed by atoms with van der Waals surface area (Å²) in [6, 6.07) is 26.7. The third-order valence-corrected chi connectivity index (χ3v) is 6.21. The summed E-state index contributed by atoms with van der Waals surface area (Å²) in [6.07, 6.45) is 0.801. The zero-order valence-electron chi connectivity index (χ0n) is 18.7. The van der Waals surface area contributed by atoms with Gasteiger partial charge in [-0.1, -0.05) is 66.7 Å². The molecule has 0 aliphatic carbocycles. The van der Waals surface area contributed by atoms with Crippen molar-refractivity contribution in [2.45, 2.75) is 19.3 Å². The Morgan fingerprint density at radius 1 is 1.00 bits per heavy atom.